The fourth-order valence-electron chi connectivity index (χ4n) is 2.02. The highest BCUT2D eigenvalue weighted by molar-refractivity contribution is 9.11. The van der Waals surface area contributed by atoms with Crippen LogP contribution < -0.4 is 5.32 Å². The minimum atomic E-state index is -0.476. The predicted octanol–water partition coefficient (Wildman–Crippen LogP) is 4.87. The predicted molar refractivity (Wildman–Crippen MR) is 103 cm³/mol. The minimum Gasteiger partial charge on any atom is -0.457 e. The van der Waals surface area contributed by atoms with Gasteiger partial charge >= 0.3 is 0 Å². The molecule has 0 saturated carbocycles. The molecule has 0 unspecified atom stereocenters. The largest absolute Gasteiger partial charge is 0.457 e. The van der Waals surface area contributed by atoms with Crippen LogP contribution in [-0.4, -0.2) is 15.2 Å². The van der Waals surface area contributed by atoms with Crippen molar-refractivity contribution < 1.29 is 14.1 Å². The molecule has 0 radical (unpaired) electrons. The van der Waals surface area contributed by atoms with E-state index in [0.717, 1.165) is 11.8 Å². The van der Waals surface area contributed by atoms with E-state index in [-0.39, 0.29) is 11.6 Å². The van der Waals surface area contributed by atoms with E-state index in [1.165, 1.54) is 12.1 Å². The molecule has 2 heterocycles. The van der Waals surface area contributed by atoms with Crippen molar-refractivity contribution >= 4 is 77.8 Å². The van der Waals surface area contributed by atoms with E-state index in [1.54, 1.807) is 18.2 Å². The van der Waals surface area contributed by atoms with Gasteiger partial charge in [0.25, 0.3) is 11.6 Å². The first-order valence-corrected chi connectivity index (χ1v) is 9.14. The Kier molecular flexibility index (Phi) is 4.90. The number of hydrogen-bond acceptors (Lipinski definition) is 6. The van der Waals surface area contributed by atoms with Crippen LogP contribution in [0.25, 0.3) is 17.4 Å². The molecule has 1 aromatic carbocycles. The molecule has 0 aliphatic carbocycles. The fraction of sp³-hybridized carbons (Fsp3) is 0. The second-order valence-electron chi connectivity index (χ2n) is 4.60. The molecule has 0 bridgehead atoms. The molecule has 1 aliphatic rings. The van der Waals surface area contributed by atoms with E-state index in [1.807, 2.05) is 0 Å². The van der Waals surface area contributed by atoms with Gasteiger partial charge in [-0.3, -0.25) is 14.9 Å². The Hall–Kier alpha value is -1.49. The maximum atomic E-state index is 11.7. The number of nitrogens with zero attached hydrogens (tertiary/aromatic N) is 1. The van der Waals surface area contributed by atoms with Crippen LogP contribution in [0.15, 0.2) is 42.5 Å². The number of furan rings is 1. The smallest absolute Gasteiger partial charge is 0.271 e. The molecular weight excluding hydrogens is 484 g/mol. The summed E-state index contributed by atoms with van der Waals surface area (Å²) >= 11 is 12.7. The van der Waals surface area contributed by atoms with Gasteiger partial charge in [-0.2, -0.15) is 0 Å². The molecule has 10 heteroatoms. The number of benzene rings is 1. The van der Waals surface area contributed by atoms with Crippen molar-refractivity contribution in [3.05, 3.63) is 54.0 Å². The summed E-state index contributed by atoms with van der Waals surface area (Å²) in [7, 11) is 0. The van der Waals surface area contributed by atoms with Crippen molar-refractivity contribution in [2.24, 2.45) is 0 Å². The number of carbonyl (C=O) groups is 1. The van der Waals surface area contributed by atoms with E-state index in [4.69, 9.17) is 16.6 Å². The number of thiocarbonyl (C=S) groups is 1. The van der Waals surface area contributed by atoms with Crippen LogP contribution in [0.5, 0.6) is 0 Å². The monoisotopic (exact) mass is 488 g/mol. The lowest BCUT2D eigenvalue weighted by molar-refractivity contribution is -0.385. The van der Waals surface area contributed by atoms with E-state index in [9.17, 15) is 14.9 Å². The third-order valence-electron chi connectivity index (χ3n) is 3.03. The summed E-state index contributed by atoms with van der Waals surface area (Å²) < 4.78 is 7.18. The topological polar surface area (TPSA) is 85.4 Å². The van der Waals surface area contributed by atoms with Crippen molar-refractivity contribution in [3.8, 4) is 11.3 Å². The lowest BCUT2D eigenvalue weighted by atomic mass is 10.1. The Morgan fingerprint density at radius 1 is 1.29 bits per heavy atom. The summed E-state index contributed by atoms with van der Waals surface area (Å²) in [5.74, 6) is 0.714. The van der Waals surface area contributed by atoms with Gasteiger partial charge in [-0.15, -0.1) is 0 Å². The number of amides is 1. The normalized spacial score (nSPS) is 15.8. The molecular formula is C14H6Br2N2O4S2. The van der Waals surface area contributed by atoms with Gasteiger partial charge in [0.05, 0.1) is 9.83 Å². The Morgan fingerprint density at radius 2 is 1.96 bits per heavy atom. The second-order valence-corrected chi connectivity index (χ2v) is 8.02. The van der Waals surface area contributed by atoms with E-state index in [2.05, 4.69) is 37.2 Å². The van der Waals surface area contributed by atoms with Gasteiger partial charge in [0.1, 0.15) is 15.8 Å². The quantitative estimate of drug-likeness (QED) is 0.286. The summed E-state index contributed by atoms with van der Waals surface area (Å²) in [6.45, 7) is 0. The number of non-ortho nitro benzene ring substituents is 1. The van der Waals surface area contributed by atoms with Crippen LogP contribution in [-0.2, 0) is 4.79 Å². The molecule has 1 amide bonds. The first-order chi connectivity index (χ1) is 11.3. The van der Waals surface area contributed by atoms with Gasteiger partial charge in [-0.1, -0.05) is 24.0 Å². The molecule has 1 fully saturated rings. The summed E-state index contributed by atoms with van der Waals surface area (Å²) in [6, 6.07) is 6.23. The molecule has 6 nitrogen and oxygen atoms in total. The Morgan fingerprint density at radius 3 is 2.50 bits per heavy atom. The van der Waals surface area contributed by atoms with E-state index >= 15 is 0 Å². The van der Waals surface area contributed by atoms with Crippen molar-refractivity contribution in [1.29, 1.82) is 0 Å². The Bertz CT molecular complexity index is 900. The zero-order valence-corrected chi connectivity index (χ0v) is 16.3. The highest BCUT2D eigenvalue weighted by Gasteiger charge is 2.23. The number of nitrogens with one attached hydrogen (secondary N) is 1. The van der Waals surface area contributed by atoms with Crippen LogP contribution >= 0.6 is 55.8 Å². The highest BCUT2D eigenvalue weighted by Crippen LogP contribution is 2.39. The van der Waals surface area contributed by atoms with Crippen molar-refractivity contribution in [3.63, 3.8) is 0 Å². The average Bonchev–Trinajstić information content (AvgIpc) is 3.05. The van der Waals surface area contributed by atoms with E-state index in [0.29, 0.717) is 35.3 Å². The maximum absolute atomic E-state index is 11.7. The Balaban J connectivity index is 1.97. The number of hydrogen-bond donors (Lipinski definition) is 1. The molecule has 24 heavy (non-hydrogen) atoms. The van der Waals surface area contributed by atoms with E-state index < -0.39 is 4.92 Å². The molecule has 1 aliphatic heterocycles. The fourth-order valence-corrected chi connectivity index (χ4v) is 4.59. The third kappa shape index (κ3) is 3.46. The van der Waals surface area contributed by atoms with Gasteiger partial charge in [-0.25, -0.2) is 0 Å². The number of thioether (sulfide) groups is 1. The number of carbonyl (C=O) groups excluding carboxylic acids is 1. The summed E-state index contributed by atoms with van der Waals surface area (Å²) in [6.07, 6.45) is 1.59. The van der Waals surface area contributed by atoms with Crippen molar-refractivity contribution in [2.75, 3.05) is 0 Å². The van der Waals surface area contributed by atoms with Crippen LogP contribution in [0, 0.1) is 10.1 Å². The van der Waals surface area contributed by atoms with Gasteiger partial charge in [0.2, 0.25) is 0 Å². The summed E-state index contributed by atoms with van der Waals surface area (Å²) in [5, 5.41) is 13.4. The molecule has 122 valence electrons. The summed E-state index contributed by atoms with van der Waals surface area (Å²) in [4.78, 5) is 22.5. The number of nitro groups is 1. The van der Waals surface area contributed by atoms with Crippen molar-refractivity contribution in [2.45, 2.75) is 0 Å². The second kappa shape index (κ2) is 6.79. The van der Waals surface area contributed by atoms with Gasteiger partial charge < -0.3 is 9.73 Å². The highest BCUT2D eigenvalue weighted by atomic mass is 79.9. The standard InChI is InChI=1S/C14H6Br2N2O4S2/c15-8-3-6(18(20)21)4-9(16)12(8)10-2-1-7(22-10)5-11-13(19)17-14(23)24-11/h1-5H,(H,17,19,23). The summed E-state index contributed by atoms with van der Waals surface area (Å²) in [5.41, 5.74) is 0.600. The molecule has 1 saturated heterocycles. The van der Waals surface area contributed by atoms with Gasteiger partial charge in [-0.05, 0) is 44.0 Å². The molecule has 0 atom stereocenters. The van der Waals surface area contributed by atoms with Crippen LogP contribution in [0.1, 0.15) is 5.76 Å². The lowest BCUT2D eigenvalue weighted by Gasteiger charge is -2.04. The molecule has 2 aromatic rings. The number of rotatable bonds is 3. The zero-order valence-electron chi connectivity index (χ0n) is 11.5. The molecule has 1 aromatic heterocycles. The third-order valence-corrected chi connectivity index (χ3v) is 5.44. The Labute approximate surface area is 162 Å². The zero-order chi connectivity index (χ0) is 17.4. The van der Waals surface area contributed by atoms with Gasteiger partial charge in [0.15, 0.2) is 0 Å². The van der Waals surface area contributed by atoms with Crippen molar-refractivity contribution in [1.82, 2.24) is 5.32 Å². The number of halogens is 2. The number of nitro benzene ring substituents is 1. The molecule has 3 rings (SSSR count). The minimum absolute atomic E-state index is 0.0427. The first kappa shape index (κ1) is 17.3. The lowest BCUT2D eigenvalue weighted by Crippen LogP contribution is -2.17. The molecule has 1 N–H and O–H groups in total. The maximum Gasteiger partial charge on any atom is 0.271 e. The first-order valence-electron chi connectivity index (χ1n) is 6.33. The van der Waals surface area contributed by atoms with Gasteiger partial charge in [0, 0.05) is 32.7 Å². The SMILES string of the molecule is O=C1NC(=S)SC1=Cc1ccc(-c2c(Br)cc([N+](=O)[O-])cc2Br)o1. The average molecular weight is 490 g/mol. The molecule has 0 spiro atoms. The van der Waals surface area contributed by atoms with Crippen LogP contribution in [0.3, 0.4) is 0 Å². The van der Waals surface area contributed by atoms with Crippen LogP contribution in [0.4, 0.5) is 5.69 Å². The van der Waals surface area contributed by atoms with Crippen LogP contribution in [0.2, 0.25) is 0 Å².